The van der Waals surface area contributed by atoms with Gasteiger partial charge in [0.1, 0.15) is 5.75 Å². The number of hydrogen-bond donors (Lipinski definition) is 0. The van der Waals surface area contributed by atoms with Crippen molar-refractivity contribution in [3.05, 3.63) is 59.9 Å². The zero-order valence-electron chi connectivity index (χ0n) is 14.7. The number of fused-ring (bicyclic) bond motifs is 1. The Bertz CT molecular complexity index is 816. The Balaban J connectivity index is 1.38. The number of nitrogens with zero attached hydrogens (tertiary/aromatic N) is 3. The molecule has 1 aromatic heterocycles. The molecule has 3 heterocycles. The lowest BCUT2D eigenvalue weighted by atomic mass is 9.96. The van der Waals surface area contributed by atoms with Crippen molar-refractivity contribution in [2.75, 3.05) is 26.2 Å². The van der Waals surface area contributed by atoms with Crippen molar-refractivity contribution in [1.82, 2.24) is 14.8 Å². The van der Waals surface area contributed by atoms with E-state index in [0.717, 1.165) is 11.3 Å². The monoisotopic (exact) mass is 351 g/mol. The van der Waals surface area contributed by atoms with Gasteiger partial charge in [-0.05, 0) is 18.2 Å². The van der Waals surface area contributed by atoms with E-state index in [1.807, 2.05) is 36.1 Å². The van der Waals surface area contributed by atoms with Gasteiger partial charge in [-0.3, -0.25) is 14.6 Å². The maximum atomic E-state index is 12.9. The number of aromatic nitrogens is 1. The zero-order chi connectivity index (χ0) is 18.1. The van der Waals surface area contributed by atoms with Crippen molar-refractivity contribution in [1.29, 1.82) is 0 Å². The number of piperazine rings is 1. The Morgan fingerprint density at radius 1 is 1.00 bits per heavy atom. The van der Waals surface area contributed by atoms with Crippen LogP contribution in [0.4, 0.5) is 0 Å². The van der Waals surface area contributed by atoms with Gasteiger partial charge in [0.25, 0.3) is 11.8 Å². The van der Waals surface area contributed by atoms with Crippen molar-refractivity contribution in [2.24, 2.45) is 0 Å². The summed E-state index contributed by atoms with van der Waals surface area (Å²) in [6.45, 7) is 4.14. The summed E-state index contributed by atoms with van der Waals surface area (Å²) in [6.07, 6.45) is 2.75. The number of carbonyl (C=O) groups is 2. The van der Waals surface area contributed by atoms with E-state index < -0.39 is 6.10 Å². The van der Waals surface area contributed by atoms with Gasteiger partial charge in [-0.1, -0.05) is 25.1 Å². The number of carbonyl (C=O) groups excluding carboxylic acids is 2. The summed E-state index contributed by atoms with van der Waals surface area (Å²) in [6, 6.07) is 11.2. The van der Waals surface area contributed by atoms with Crippen LogP contribution in [0, 0.1) is 0 Å². The molecule has 1 saturated heterocycles. The van der Waals surface area contributed by atoms with Crippen LogP contribution in [0.3, 0.4) is 0 Å². The van der Waals surface area contributed by atoms with E-state index in [4.69, 9.17) is 4.74 Å². The minimum atomic E-state index is -0.477. The third kappa shape index (κ3) is 2.92. The van der Waals surface area contributed by atoms with Gasteiger partial charge in [0.15, 0.2) is 6.10 Å². The van der Waals surface area contributed by atoms with Crippen LogP contribution in [0.5, 0.6) is 5.75 Å². The second kappa shape index (κ2) is 6.78. The third-order valence-electron chi connectivity index (χ3n) is 5.17. The normalized spacial score (nSPS) is 21.9. The molecule has 0 spiro atoms. The van der Waals surface area contributed by atoms with Crippen LogP contribution < -0.4 is 4.74 Å². The zero-order valence-corrected chi connectivity index (χ0v) is 14.7. The van der Waals surface area contributed by atoms with Crippen LogP contribution >= 0.6 is 0 Å². The minimum Gasteiger partial charge on any atom is -0.480 e. The molecule has 6 nitrogen and oxygen atoms in total. The van der Waals surface area contributed by atoms with Gasteiger partial charge in [-0.25, -0.2) is 0 Å². The van der Waals surface area contributed by atoms with Gasteiger partial charge in [0.2, 0.25) is 0 Å². The van der Waals surface area contributed by atoms with E-state index in [2.05, 4.69) is 4.98 Å². The Hall–Kier alpha value is -2.89. The molecule has 0 aliphatic carbocycles. The number of hydrogen-bond acceptors (Lipinski definition) is 4. The number of amides is 2. The van der Waals surface area contributed by atoms with Gasteiger partial charge in [-0.15, -0.1) is 0 Å². The highest BCUT2D eigenvalue weighted by Crippen LogP contribution is 2.38. The lowest BCUT2D eigenvalue weighted by Crippen LogP contribution is -2.53. The lowest BCUT2D eigenvalue weighted by Gasteiger charge is -2.36. The Morgan fingerprint density at radius 2 is 1.65 bits per heavy atom. The first-order chi connectivity index (χ1) is 12.6. The predicted molar refractivity (Wildman–Crippen MR) is 96.0 cm³/mol. The number of pyridine rings is 1. The first-order valence-corrected chi connectivity index (χ1v) is 8.89. The molecule has 1 aromatic carbocycles. The van der Waals surface area contributed by atoms with Crippen molar-refractivity contribution < 1.29 is 14.3 Å². The summed E-state index contributed by atoms with van der Waals surface area (Å²) in [5.41, 5.74) is 1.71. The van der Waals surface area contributed by atoms with Crippen molar-refractivity contribution >= 4 is 11.8 Å². The fraction of sp³-hybridized carbons (Fsp3) is 0.350. The predicted octanol–water partition coefficient (Wildman–Crippen LogP) is 1.93. The molecule has 2 aliphatic rings. The van der Waals surface area contributed by atoms with E-state index in [9.17, 15) is 9.59 Å². The van der Waals surface area contributed by atoms with E-state index in [1.54, 1.807) is 29.4 Å². The van der Waals surface area contributed by atoms with E-state index in [1.165, 1.54) is 0 Å². The molecule has 134 valence electrons. The van der Waals surface area contributed by atoms with Crippen molar-refractivity contribution in [3.8, 4) is 5.75 Å². The molecular formula is C20H21N3O3. The Labute approximate surface area is 152 Å². The lowest BCUT2D eigenvalue weighted by molar-refractivity contribution is -0.140. The molecule has 0 N–H and O–H groups in total. The Kier molecular flexibility index (Phi) is 4.32. The van der Waals surface area contributed by atoms with Crippen LogP contribution in [0.1, 0.15) is 28.8 Å². The summed E-state index contributed by atoms with van der Waals surface area (Å²) in [4.78, 5) is 33.0. The molecule has 2 aromatic rings. The average molecular weight is 351 g/mol. The second-order valence-electron chi connectivity index (χ2n) is 6.72. The summed E-state index contributed by atoms with van der Waals surface area (Å²) < 4.78 is 5.90. The van der Waals surface area contributed by atoms with E-state index >= 15 is 0 Å². The minimum absolute atomic E-state index is 0.00436. The van der Waals surface area contributed by atoms with Crippen LogP contribution in [-0.2, 0) is 4.79 Å². The maximum absolute atomic E-state index is 12.9. The molecular weight excluding hydrogens is 330 g/mol. The summed E-state index contributed by atoms with van der Waals surface area (Å²) in [5.74, 6) is 0.821. The summed E-state index contributed by atoms with van der Waals surface area (Å²) in [5, 5.41) is 0. The average Bonchev–Trinajstić information content (AvgIpc) is 3.04. The molecule has 2 aliphatic heterocycles. The first kappa shape index (κ1) is 16.6. The number of para-hydroxylation sites is 1. The van der Waals surface area contributed by atoms with Gasteiger partial charge in [0, 0.05) is 55.6 Å². The Morgan fingerprint density at radius 3 is 2.35 bits per heavy atom. The highest BCUT2D eigenvalue weighted by Gasteiger charge is 2.39. The number of benzene rings is 1. The van der Waals surface area contributed by atoms with Crippen LogP contribution in [-0.4, -0.2) is 58.9 Å². The van der Waals surface area contributed by atoms with Gasteiger partial charge in [-0.2, -0.15) is 0 Å². The highest BCUT2D eigenvalue weighted by molar-refractivity contribution is 5.94. The van der Waals surface area contributed by atoms with Gasteiger partial charge in [0.05, 0.1) is 0 Å². The fourth-order valence-electron chi connectivity index (χ4n) is 3.62. The van der Waals surface area contributed by atoms with Crippen molar-refractivity contribution in [2.45, 2.75) is 18.9 Å². The molecule has 0 bridgehead atoms. The van der Waals surface area contributed by atoms with E-state index in [-0.39, 0.29) is 17.7 Å². The highest BCUT2D eigenvalue weighted by atomic mass is 16.5. The molecule has 2 atom stereocenters. The SMILES string of the molecule is C[C@H]1c2ccccc2O[C@@H]1C(=O)N1CCN(C(=O)c2ccncc2)CC1. The molecule has 6 heteroatoms. The maximum Gasteiger partial charge on any atom is 0.264 e. The topological polar surface area (TPSA) is 62.7 Å². The number of rotatable bonds is 2. The molecule has 2 amide bonds. The second-order valence-corrected chi connectivity index (χ2v) is 6.72. The standard InChI is InChI=1S/C20H21N3O3/c1-14-16-4-2-3-5-17(16)26-18(14)20(25)23-12-10-22(11-13-23)19(24)15-6-8-21-9-7-15/h2-9,14,18H,10-13H2,1H3/t14-,18-/m0/s1. The third-order valence-corrected chi connectivity index (χ3v) is 5.17. The largest absolute Gasteiger partial charge is 0.480 e. The smallest absolute Gasteiger partial charge is 0.264 e. The van der Waals surface area contributed by atoms with Gasteiger partial charge >= 0.3 is 0 Å². The quantitative estimate of drug-likeness (QED) is 0.829. The molecule has 26 heavy (non-hydrogen) atoms. The molecule has 1 fully saturated rings. The molecule has 0 radical (unpaired) electrons. The first-order valence-electron chi connectivity index (χ1n) is 8.89. The van der Waals surface area contributed by atoms with Gasteiger partial charge < -0.3 is 14.5 Å². The number of ether oxygens (including phenoxy) is 1. The van der Waals surface area contributed by atoms with Crippen LogP contribution in [0.25, 0.3) is 0 Å². The molecule has 0 saturated carbocycles. The van der Waals surface area contributed by atoms with Crippen LogP contribution in [0.2, 0.25) is 0 Å². The fourth-order valence-corrected chi connectivity index (χ4v) is 3.62. The van der Waals surface area contributed by atoms with E-state index in [0.29, 0.717) is 31.7 Å². The van der Waals surface area contributed by atoms with Crippen LogP contribution in [0.15, 0.2) is 48.8 Å². The molecule has 4 rings (SSSR count). The van der Waals surface area contributed by atoms with Crippen molar-refractivity contribution in [3.63, 3.8) is 0 Å². The summed E-state index contributed by atoms with van der Waals surface area (Å²) >= 11 is 0. The summed E-state index contributed by atoms with van der Waals surface area (Å²) in [7, 11) is 0. The molecule has 0 unspecified atom stereocenters.